The van der Waals surface area contributed by atoms with Gasteiger partial charge in [0.2, 0.25) is 15.9 Å². The average molecular weight is 636 g/mol. The van der Waals surface area contributed by atoms with Crippen LogP contribution in [0, 0.1) is 0 Å². The number of ether oxygens (including phenoxy) is 2. The number of carbonyl (C=O) groups is 3. The van der Waals surface area contributed by atoms with Crippen molar-refractivity contribution in [3.63, 3.8) is 0 Å². The second-order valence-electron chi connectivity index (χ2n) is 10.4. The first-order chi connectivity index (χ1) is 21.7. The molecule has 12 nitrogen and oxygen atoms in total. The van der Waals surface area contributed by atoms with Gasteiger partial charge in [-0.25, -0.2) is 13.8 Å². The molecule has 0 spiro atoms. The zero-order chi connectivity index (χ0) is 32.1. The van der Waals surface area contributed by atoms with Gasteiger partial charge in [0.25, 0.3) is 11.8 Å². The molecule has 45 heavy (non-hydrogen) atoms. The van der Waals surface area contributed by atoms with E-state index in [1.165, 1.54) is 37.4 Å². The van der Waals surface area contributed by atoms with Crippen molar-refractivity contribution in [3.8, 4) is 5.75 Å². The number of sulfonamides is 1. The van der Waals surface area contributed by atoms with Crippen LogP contribution < -0.4 is 20.8 Å². The van der Waals surface area contributed by atoms with Crippen molar-refractivity contribution in [2.45, 2.75) is 37.2 Å². The van der Waals surface area contributed by atoms with Gasteiger partial charge in [-0.3, -0.25) is 14.4 Å². The average Bonchev–Trinajstić information content (AvgIpc) is 3.56. The number of hydrogen-bond acceptors (Lipinski definition) is 8. The van der Waals surface area contributed by atoms with Crippen molar-refractivity contribution in [3.05, 3.63) is 90.0 Å². The predicted molar refractivity (Wildman–Crippen MR) is 169 cm³/mol. The van der Waals surface area contributed by atoms with Gasteiger partial charge in [0.05, 0.1) is 23.8 Å². The number of carbonyl (C=O) groups excluding carboxylic acids is 3. The maximum absolute atomic E-state index is 13.5. The summed E-state index contributed by atoms with van der Waals surface area (Å²) in [7, 11) is -4.05. The molecule has 0 aromatic heterocycles. The van der Waals surface area contributed by atoms with Gasteiger partial charge >= 0.3 is 0 Å². The molecule has 3 N–H and O–H groups in total. The fourth-order valence-electron chi connectivity index (χ4n) is 4.50. The number of anilines is 1. The summed E-state index contributed by atoms with van der Waals surface area (Å²) in [5, 5.41) is 9.37. The topological polar surface area (TPSA) is 156 Å². The Balaban J connectivity index is 1.31. The van der Waals surface area contributed by atoms with Crippen LogP contribution in [0.2, 0.25) is 0 Å². The number of nitrogens with one attached hydrogen (secondary N) is 3. The lowest BCUT2D eigenvalue weighted by atomic mass is 10.1. The smallest absolute Gasteiger partial charge is 0.258 e. The molecular weight excluding hydrogens is 598 g/mol. The van der Waals surface area contributed by atoms with Crippen LogP contribution in [0.3, 0.4) is 0 Å². The molecule has 3 aromatic carbocycles. The van der Waals surface area contributed by atoms with E-state index in [2.05, 4.69) is 21.2 Å². The van der Waals surface area contributed by atoms with Crippen LogP contribution in [0.1, 0.15) is 30.9 Å². The molecule has 0 radical (unpaired) electrons. The summed E-state index contributed by atoms with van der Waals surface area (Å²) in [5.74, 6) is -0.637. The molecule has 0 bridgehead atoms. The molecule has 3 amide bonds. The zero-order valence-electron chi connectivity index (χ0n) is 25.0. The molecule has 0 aliphatic carbocycles. The second kappa shape index (κ2) is 16.5. The van der Waals surface area contributed by atoms with E-state index in [0.717, 1.165) is 29.3 Å². The number of rotatable bonds is 15. The van der Waals surface area contributed by atoms with Crippen LogP contribution >= 0.6 is 0 Å². The summed E-state index contributed by atoms with van der Waals surface area (Å²) < 4.78 is 39.1. The molecule has 238 valence electrons. The molecule has 1 aliphatic heterocycles. The van der Waals surface area contributed by atoms with E-state index in [1.54, 1.807) is 24.3 Å². The predicted octanol–water partition coefficient (Wildman–Crippen LogP) is 2.70. The third-order valence-corrected chi connectivity index (χ3v) is 8.69. The van der Waals surface area contributed by atoms with E-state index in [9.17, 15) is 22.8 Å². The highest BCUT2D eigenvalue weighted by Gasteiger charge is 2.26. The van der Waals surface area contributed by atoms with E-state index in [1.807, 2.05) is 30.3 Å². The van der Waals surface area contributed by atoms with Gasteiger partial charge < -0.3 is 20.1 Å². The van der Waals surface area contributed by atoms with Gasteiger partial charge in [0.15, 0.2) is 6.61 Å². The first-order valence-electron chi connectivity index (χ1n) is 14.5. The summed E-state index contributed by atoms with van der Waals surface area (Å²) >= 11 is 0. The molecule has 1 fully saturated rings. The number of benzene rings is 3. The molecule has 0 unspecified atom stereocenters. The van der Waals surface area contributed by atoms with Crippen molar-refractivity contribution in [2.75, 3.05) is 38.2 Å². The second-order valence-corrected chi connectivity index (χ2v) is 12.3. The van der Waals surface area contributed by atoms with Gasteiger partial charge in [-0.1, -0.05) is 30.3 Å². The number of nitrogens with zero attached hydrogens (tertiary/aromatic N) is 2. The van der Waals surface area contributed by atoms with Crippen LogP contribution in [0.25, 0.3) is 0 Å². The Hall–Kier alpha value is -4.59. The van der Waals surface area contributed by atoms with Crippen molar-refractivity contribution in [2.24, 2.45) is 5.10 Å². The molecule has 1 aliphatic rings. The SMILES string of the molecule is CC(=O)Nc1ccc(S(=O)(=O)N(CCc2ccccc2)CC(=O)N/N=C/c2ccc(OCC(=O)NC[C@@H]3CCCO3)cc2)cc1. The Labute approximate surface area is 262 Å². The lowest BCUT2D eigenvalue weighted by Gasteiger charge is -2.21. The summed E-state index contributed by atoms with van der Waals surface area (Å²) in [6, 6.07) is 21.9. The Morgan fingerprint density at radius 1 is 1.00 bits per heavy atom. The standard InChI is InChI=1S/C32H37N5O7S/c1-24(38)35-27-11-15-30(16-12-27)45(41,42)37(18-17-25-6-3-2-4-7-25)22-31(39)36-34-20-26-9-13-28(14-10-26)44-23-32(40)33-21-29-8-5-19-43-29/h2-4,6-7,9-16,20,29H,5,8,17-19,21-23H2,1H3,(H,33,40)(H,35,38)(H,36,39)/b34-20+/t29-/m0/s1. The normalized spacial score (nSPS) is 14.8. The zero-order valence-corrected chi connectivity index (χ0v) is 25.8. The molecule has 1 saturated heterocycles. The minimum Gasteiger partial charge on any atom is -0.484 e. The Morgan fingerprint density at radius 3 is 2.40 bits per heavy atom. The van der Waals surface area contributed by atoms with Crippen LogP contribution in [0.15, 0.2) is 88.9 Å². The highest BCUT2D eigenvalue weighted by Crippen LogP contribution is 2.19. The fraction of sp³-hybridized carbons (Fsp3) is 0.312. The molecule has 1 heterocycles. The van der Waals surface area contributed by atoms with Crippen LogP contribution in [0.5, 0.6) is 5.75 Å². The summed E-state index contributed by atoms with van der Waals surface area (Å²) in [6.45, 7) is 2.03. The summed E-state index contributed by atoms with van der Waals surface area (Å²) in [6.07, 6.45) is 3.81. The van der Waals surface area contributed by atoms with Crippen molar-refractivity contribution in [1.82, 2.24) is 15.0 Å². The van der Waals surface area contributed by atoms with E-state index < -0.39 is 22.5 Å². The number of hydrogen-bond donors (Lipinski definition) is 3. The monoisotopic (exact) mass is 635 g/mol. The molecule has 4 rings (SSSR count). The third-order valence-electron chi connectivity index (χ3n) is 6.83. The maximum Gasteiger partial charge on any atom is 0.258 e. The number of hydrazone groups is 1. The van der Waals surface area contributed by atoms with E-state index in [-0.39, 0.29) is 36.0 Å². The van der Waals surface area contributed by atoms with Crippen LogP contribution in [-0.4, -0.2) is 75.6 Å². The lowest BCUT2D eigenvalue weighted by Crippen LogP contribution is -2.40. The van der Waals surface area contributed by atoms with E-state index in [4.69, 9.17) is 9.47 Å². The minimum atomic E-state index is -4.05. The highest BCUT2D eigenvalue weighted by molar-refractivity contribution is 7.89. The van der Waals surface area contributed by atoms with Crippen molar-refractivity contribution < 1.29 is 32.3 Å². The summed E-state index contributed by atoms with van der Waals surface area (Å²) in [5.41, 5.74) is 4.42. The molecule has 0 saturated carbocycles. The van der Waals surface area contributed by atoms with Crippen molar-refractivity contribution >= 4 is 39.6 Å². The first-order valence-corrected chi connectivity index (χ1v) is 16.0. The van der Waals surface area contributed by atoms with Gasteiger partial charge in [-0.2, -0.15) is 9.41 Å². The number of amides is 3. The van der Waals surface area contributed by atoms with Crippen molar-refractivity contribution in [1.29, 1.82) is 0 Å². The highest BCUT2D eigenvalue weighted by atomic mass is 32.2. The Bertz CT molecular complexity index is 1560. The molecule has 1 atom stereocenters. The molecular formula is C32H37N5O7S. The minimum absolute atomic E-state index is 0.0106. The lowest BCUT2D eigenvalue weighted by molar-refractivity contribution is -0.123. The molecule has 3 aromatic rings. The Morgan fingerprint density at radius 2 is 1.73 bits per heavy atom. The van der Waals surface area contributed by atoms with Gasteiger partial charge in [0, 0.05) is 32.3 Å². The van der Waals surface area contributed by atoms with E-state index >= 15 is 0 Å². The maximum atomic E-state index is 13.5. The first kappa shape index (κ1) is 33.3. The Kier molecular flexibility index (Phi) is 12.2. The summed E-state index contributed by atoms with van der Waals surface area (Å²) in [4.78, 5) is 36.1. The van der Waals surface area contributed by atoms with Gasteiger partial charge in [-0.15, -0.1) is 0 Å². The quantitative estimate of drug-likeness (QED) is 0.171. The molecule has 13 heteroatoms. The van der Waals surface area contributed by atoms with Gasteiger partial charge in [0.1, 0.15) is 5.75 Å². The third kappa shape index (κ3) is 10.8. The largest absolute Gasteiger partial charge is 0.484 e. The van der Waals surface area contributed by atoms with Crippen LogP contribution in [-0.2, 0) is 35.6 Å². The fourth-order valence-corrected chi connectivity index (χ4v) is 5.90. The van der Waals surface area contributed by atoms with Gasteiger partial charge in [-0.05, 0) is 78.9 Å². The van der Waals surface area contributed by atoms with E-state index in [0.29, 0.717) is 30.0 Å². The van der Waals surface area contributed by atoms with Crippen LogP contribution in [0.4, 0.5) is 5.69 Å².